The molecule has 432 valence electrons. The van der Waals surface area contributed by atoms with E-state index in [4.69, 9.17) is 54.2 Å². The first kappa shape index (κ1) is 58.1. The van der Waals surface area contributed by atoms with Gasteiger partial charge in [-0.25, -0.2) is 38.2 Å². The zero-order valence-corrected chi connectivity index (χ0v) is 44.7. The van der Waals surface area contributed by atoms with Crippen LogP contribution in [0.15, 0.2) is 34.9 Å². The number of nitrogen functional groups attached to an aromatic ring is 3. The molecule has 14 N–H and O–H groups in total. The number of aromatic amines is 2. The van der Waals surface area contributed by atoms with E-state index >= 15 is 0 Å². The van der Waals surface area contributed by atoms with Gasteiger partial charge in [-0.1, -0.05) is 11.9 Å². The highest BCUT2D eigenvalue weighted by Gasteiger charge is 2.53. The van der Waals surface area contributed by atoms with Crippen LogP contribution >= 0.6 is 31.3 Å². The van der Waals surface area contributed by atoms with Crippen LogP contribution in [-0.4, -0.2) is 161 Å². The van der Waals surface area contributed by atoms with Gasteiger partial charge in [-0.15, -0.1) is 0 Å². The molecule has 0 aliphatic carbocycles. The van der Waals surface area contributed by atoms with Gasteiger partial charge in [0.2, 0.25) is 17.4 Å². The summed E-state index contributed by atoms with van der Waals surface area (Å²) in [7, 11) is -21.0. The number of H-pyrrole nitrogens is 2. The summed E-state index contributed by atoms with van der Waals surface area (Å²) >= 11 is 0. The van der Waals surface area contributed by atoms with Crippen molar-refractivity contribution >= 4 is 88.4 Å². The molecule has 1 amide bonds. The summed E-state index contributed by atoms with van der Waals surface area (Å²) < 4.78 is 111. The Hall–Kier alpha value is -5.60. The number of aryl methyl sites for hydroxylation is 1. The predicted octanol–water partition coefficient (Wildman–Crippen LogP) is -3.68. The first-order chi connectivity index (χ1) is 37.1. The lowest BCUT2D eigenvalue weighted by Gasteiger charge is -2.31. The number of ether oxygens (including phenoxy) is 4. The lowest BCUT2D eigenvalue weighted by atomic mass is 9.90. The molecule has 9 heterocycles. The molecule has 3 saturated heterocycles. The van der Waals surface area contributed by atoms with E-state index in [0.29, 0.717) is 0 Å². The number of nitrogens with one attached hydrogen (secondary N) is 3. The molecule has 39 nitrogen and oxygen atoms in total. The number of aliphatic hydroxyl groups excluding tert-OH is 2. The summed E-state index contributed by atoms with van der Waals surface area (Å²) in [6, 6.07) is 0. The Bertz CT molecular complexity index is 3620. The van der Waals surface area contributed by atoms with Crippen molar-refractivity contribution in [3.05, 3.63) is 46.0 Å². The molecule has 79 heavy (non-hydrogen) atoms. The molecular weight excluding hydrogens is 1150 g/mol. The fourth-order valence-electron chi connectivity index (χ4n) is 9.20. The van der Waals surface area contributed by atoms with E-state index in [1.165, 1.54) is 27.0 Å². The second-order valence-corrected chi connectivity index (χ2v) is 23.9. The van der Waals surface area contributed by atoms with Crippen LogP contribution in [-0.2, 0) is 75.8 Å². The lowest BCUT2D eigenvalue weighted by Crippen LogP contribution is -2.43. The molecule has 3 fully saturated rings. The van der Waals surface area contributed by atoms with Crippen LogP contribution in [0.3, 0.4) is 0 Å². The summed E-state index contributed by atoms with van der Waals surface area (Å²) in [5.41, 5.74) is 16.0. The smallest absolute Gasteiger partial charge is 0.490 e. The number of imidazole rings is 3. The SMILES string of the molecule is CO[C@@H]1[C@H](OP(=O)([O-])OC[C@H]2O[C@@H](n3cnc4c(=O)[nH]c(N)nc43)[C@H](O)[C@@H]2O)[C@@H](COP(=O)(O)OP(=O)(O)OP(=O)(O)OC[C@H]2O[C@@H]([n+]3cn(C)c4c(=O)[nH]c(N)nc43)[C@H](C)[C@@H]2CNC(C)=O)O[C@H]1n1cnc2c(N)ncnc21. The highest BCUT2D eigenvalue weighted by Crippen LogP contribution is 2.68. The van der Waals surface area contributed by atoms with Gasteiger partial charge >= 0.3 is 29.1 Å². The van der Waals surface area contributed by atoms with Gasteiger partial charge in [-0.05, 0) is 0 Å². The topological polar surface area (TPSA) is 554 Å². The van der Waals surface area contributed by atoms with Gasteiger partial charge in [0, 0.05) is 32.4 Å². The molecule has 0 saturated carbocycles. The van der Waals surface area contributed by atoms with E-state index in [1.54, 1.807) is 14.0 Å². The number of carbonyl (C=O) groups excluding carboxylic acids is 1. The second kappa shape index (κ2) is 22.0. The van der Waals surface area contributed by atoms with Crippen LogP contribution in [0.5, 0.6) is 0 Å². The van der Waals surface area contributed by atoms with Crippen molar-refractivity contribution in [1.29, 1.82) is 0 Å². The molecule has 0 aromatic carbocycles. The van der Waals surface area contributed by atoms with Crippen molar-refractivity contribution in [1.82, 2.24) is 58.9 Å². The van der Waals surface area contributed by atoms with Crippen LogP contribution in [0.25, 0.3) is 33.5 Å². The number of fused-ring (bicyclic) bond motifs is 3. The second-order valence-electron chi connectivity index (χ2n) is 17.9. The number of aromatic nitrogens is 12. The minimum absolute atomic E-state index is 0.00161. The number of methoxy groups -OCH3 is 1. The number of nitrogens with two attached hydrogens (primary N) is 3. The quantitative estimate of drug-likeness (QED) is 0.0244. The van der Waals surface area contributed by atoms with Gasteiger partial charge in [-0.2, -0.15) is 13.6 Å². The van der Waals surface area contributed by atoms with Crippen molar-refractivity contribution in [2.45, 2.75) is 75.3 Å². The maximum absolute atomic E-state index is 13.6. The van der Waals surface area contributed by atoms with Crippen molar-refractivity contribution < 1.29 is 103 Å². The molecule has 6 aromatic rings. The number of hydrogen-bond acceptors (Lipinski definition) is 29. The van der Waals surface area contributed by atoms with Gasteiger partial charge in [0.25, 0.3) is 24.9 Å². The summed E-state index contributed by atoms with van der Waals surface area (Å²) in [6.07, 6.45) is -11.1. The molecule has 3 aliphatic heterocycles. The number of rotatable bonds is 21. The minimum atomic E-state index is -6.19. The monoisotopic (exact) mass is 1200 g/mol. The van der Waals surface area contributed by atoms with E-state index in [-0.39, 0.29) is 57.8 Å². The van der Waals surface area contributed by atoms with Crippen LogP contribution in [0, 0.1) is 11.8 Å². The largest absolute Gasteiger partial charge is 0.756 e. The summed E-state index contributed by atoms with van der Waals surface area (Å²) in [5.74, 6) is -2.37. The predicted molar refractivity (Wildman–Crippen MR) is 256 cm³/mol. The van der Waals surface area contributed by atoms with E-state index in [2.05, 4.69) is 53.8 Å². The summed E-state index contributed by atoms with van der Waals surface area (Å²) in [5, 5.41) is 24.4. The molecule has 0 spiro atoms. The number of carbonyl (C=O) groups is 1. The average Bonchev–Trinajstić information content (AvgIpc) is 4.35. The van der Waals surface area contributed by atoms with Gasteiger partial charge in [0.05, 0.1) is 45.6 Å². The number of anilines is 3. The zero-order valence-electron chi connectivity index (χ0n) is 41.1. The third-order valence-electron chi connectivity index (χ3n) is 12.7. The van der Waals surface area contributed by atoms with E-state index in [0.717, 1.165) is 30.7 Å². The van der Waals surface area contributed by atoms with Crippen LogP contribution in [0.2, 0.25) is 0 Å². The first-order valence-electron chi connectivity index (χ1n) is 22.9. The maximum atomic E-state index is 13.6. The van der Waals surface area contributed by atoms with Gasteiger partial charge in [0.15, 0.2) is 47.6 Å². The zero-order chi connectivity index (χ0) is 57.3. The molecule has 6 aromatic heterocycles. The Balaban J connectivity index is 0.874. The summed E-state index contributed by atoms with van der Waals surface area (Å²) in [6.45, 7) is -0.362. The number of hydrogen-bond donors (Lipinski definition) is 11. The standard InChI is InChI=1S/C36H50N16O23P4/c1-13-15(5-40-14(2)53)16(70-32(13)52-12-49(3)21-29(52)46-36(39)48-31(21)57)6-68-77(60,61)74-79(64,65)75-78(62,63)69-8-18-24(25(66-4)34(72-18)50-10-43-19-26(37)41-9-42-27(19)50)73-76(58,59)67-7-17-22(54)23(55)33(71-17)51-11-44-20-28(51)45-35(38)47-30(20)56/h9-13,15-18,22-25,32-34,54-55H,5-8H2,1-4H3,(H12-,37,38,39,40,41,42,45,46,47,48,53,56,57,58,59,60,61,62,63,64,65)/t13-,15+,16-,17-,18-,22-,23-,24-,25-,32-,33-,34-/m1/s1. The third-order valence-corrected chi connectivity index (χ3v) is 17.9. The normalized spacial score (nSPS) is 29.4. The maximum Gasteiger partial charge on any atom is 0.490 e. The van der Waals surface area contributed by atoms with Gasteiger partial charge in [0.1, 0.15) is 48.5 Å². The molecule has 0 radical (unpaired) electrons. The number of aliphatic hydroxyl groups is 2. The molecule has 9 rings (SSSR count). The van der Waals surface area contributed by atoms with Crippen molar-refractivity contribution in [3.63, 3.8) is 0 Å². The Kier molecular flexibility index (Phi) is 16.2. The van der Waals surface area contributed by atoms with Crippen LogP contribution in [0.4, 0.5) is 17.7 Å². The Morgan fingerprint density at radius 1 is 0.797 bits per heavy atom. The lowest BCUT2D eigenvalue weighted by molar-refractivity contribution is -0.745. The Labute approximate surface area is 440 Å². The van der Waals surface area contributed by atoms with Crippen LogP contribution in [0.1, 0.15) is 32.5 Å². The third kappa shape index (κ3) is 12.1. The average molecular weight is 1200 g/mol. The van der Waals surface area contributed by atoms with E-state index in [9.17, 15) is 62.4 Å². The fraction of sp³-hybridized carbons (Fsp3) is 0.556. The molecule has 4 unspecified atom stereocenters. The number of phosphoric acid groups is 4. The Morgan fingerprint density at radius 2 is 1.41 bits per heavy atom. The number of nitrogens with zero attached hydrogens (tertiary/aromatic N) is 10. The van der Waals surface area contributed by atoms with E-state index in [1.807, 2.05) is 0 Å². The van der Waals surface area contributed by atoms with Crippen molar-refractivity contribution in [3.8, 4) is 0 Å². The fourth-order valence-corrected chi connectivity index (χ4v) is 13.7. The van der Waals surface area contributed by atoms with Gasteiger partial charge < -0.3 is 80.3 Å². The number of amides is 1. The van der Waals surface area contributed by atoms with Crippen molar-refractivity contribution in [2.24, 2.45) is 18.9 Å². The van der Waals surface area contributed by atoms with Crippen LogP contribution < -0.4 is 43.1 Å². The van der Waals surface area contributed by atoms with E-state index < -0.39 is 141 Å². The molecule has 16 atom stereocenters. The minimum Gasteiger partial charge on any atom is -0.756 e. The molecular formula is C36H50N16O23P4. The summed E-state index contributed by atoms with van der Waals surface area (Å²) in [4.78, 5) is 111. The first-order valence-corrected chi connectivity index (χ1v) is 28.9. The van der Waals surface area contributed by atoms with Crippen molar-refractivity contribution in [2.75, 3.05) is 50.7 Å². The molecule has 43 heteroatoms. The molecule has 3 aliphatic rings. The Morgan fingerprint density at radius 3 is 2.08 bits per heavy atom. The highest BCUT2D eigenvalue weighted by atomic mass is 31.3. The molecule has 0 bridgehead atoms. The number of phosphoric ester groups is 3. The highest BCUT2D eigenvalue weighted by molar-refractivity contribution is 7.66. The van der Waals surface area contributed by atoms with Gasteiger partial charge in [-0.3, -0.25) is 51.7 Å².